The average molecular weight is 363 g/mol. The van der Waals surface area contributed by atoms with E-state index in [1.807, 2.05) is 20.8 Å². The minimum absolute atomic E-state index is 0.134. The molecule has 0 saturated heterocycles. The first-order chi connectivity index (χ1) is 12.0. The smallest absolute Gasteiger partial charge is 0.358 e. The molecule has 0 aliphatic heterocycles. The van der Waals surface area contributed by atoms with Gasteiger partial charge in [-0.15, -0.1) is 0 Å². The molecule has 0 bridgehead atoms. The van der Waals surface area contributed by atoms with E-state index in [1.54, 1.807) is 54.6 Å². The lowest BCUT2D eigenvalue weighted by molar-refractivity contribution is -0.155. The number of likely N-dealkylation sites (N-methyl/N-ethyl adjacent to an activating group) is 1. The van der Waals surface area contributed by atoms with Crippen LogP contribution in [0.3, 0.4) is 0 Å². The van der Waals surface area contributed by atoms with Gasteiger partial charge in [-0.25, -0.2) is 0 Å². The summed E-state index contributed by atoms with van der Waals surface area (Å²) in [6.45, 7) is 6.09. The van der Waals surface area contributed by atoms with Crippen molar-refractivity contribution in [1.82, 2.24) is 5.32 Å². The van der Waals surface area contributed by atoms with Crippen molar-refractivity contribution in [2.24, 2.45) is 0 Å². The third-order valence-electron chi connectivity index (χ3n) is 4.59. The Morgan fingerprint density at radius 2 is 1.31 bits per heavy atom. The fourth-order valence-corrected chi connectivity index (χ4v) is 3.20. The normalized spacial score (nSPS) is 14.6. The van der Waals surface area contributed by atoms with Crippen LogP contribution in [0.1, 0.15) is 43.9 Å². The molecule has 1 atom stereocenters. The zero-order valence-corrected chi connectivity index (χ0v) is 15.4. The summed E-state index contributed by atoms with van der Waals surface area (Å²) in [4.78, 5) is 12.8. The van der Waals surface area contributed by atoms with Gasteiger partial charge in [-0.2, -0.15) is 13.2 Å². The zero-order chi connectivity index (χ0) is 19.6. The van der Waals surface area contributed by atoms with E-state index in [0.717, 1.165) is 5.56 Å². The molecule has 2 aromatic carbocycles. The second kappa shape index (κ2) is 7.14. The van der Waals surface area contributed by atoms with E-state index in [-0.39, 0.29) is 5.41 Å². The van der Waals surface area contributed by atoms with E-state index >= 15 is 0 Å². The van der Waals surface area contributed by atoms with Crippen molar-refractivity contribution in [1.29, 1.82) is 0 Å². The van der Waals surface area contributed by atoms with Crippen LogP contribution in [0.25, 0.3) is 0 Å². The molecule has 0 saturated carbocycles. The molecule has 1 amide bonds. The van der Waals surface area contributed by atoms with Gasteiger partial charge in [0.1, 0.15) is 5.41 Å². The van der Waals surface area contributed by atoms with Gasteiger partial charge in [-0.05, 0) is 22.1 Å². The molecule has 0 unspecified atom stereocenters. The molecule has 0 heterocycles. The number of hydrogen-bond donors (Lipinski definition) is 1. The highest BCUT2D eigenvalue weighted by Gasteiger charge is 2.49. The highest BCUT2D eigenvalue weighted by Crippen LogP contribution is 2.42. The van der Waals surface area contributed by atoms with E-state index in [1.165, 1.54) is 7.05 Å². The summed E-state index contributed by atoms with van der Waals surface area (Å²) in [5.41, 5.74) is -0.323. The second-order valence-corrected chi connectivity index (χ2v) is 7.47. The predicted octanol–water partition coefficient (Wildman–Crippen LogP) is 4.97. The Bertz CT molecular complexity index is 746. The first-order valence-corrected chi connectivity index (χ1v) is 8.46. The van der Waals surface area contributed by atoms with Crippen LogP contribution in [0.15, 0.2) is 54.6 Å². The molecule has 0 radical (unpaired) electrons. The van der Waals surface area contributed by atoms with Crippen molar-refractivity contribution in [3.05, 3.63) is 71.3 Å². The molecule has 0 aliphatic carbocycles. The molecule has 0 aliphatic rings. The summed E-state index contributed by atoms with van der Waals surface area (Å²) in [6.07, 6.45) is -5.77. The Balaban J connectivity index is 2.71. The van der Waals surface area contributed by atoms with E-state index in [0.29, 0.717) is 11.1 Å². The summed E-state index contributed by atoms with van der Waals surface area (Å²) in [5.74, 6) is -0.676. The van der Waals surface area contributed by atoms with E-state index in [4.69, 9.17) is 0 Å². The van der Waals surface area contributed by atoms with Gasteiger partial charge >= 0.3 is 6.18 Å². The number of carbonyl (C=O) groups is 1. The van der Waals surface area contributed by atoms with Crippen LogP contribution in [0, 0.1) is 0 Å². The number of nitrogens with one attached hydrogen (secondary N) is 1. The minimum Gasteiger partial charge on any atom is -0.358 e. The number of benzene rings is 2. The Kier molecular flexibility index (Phi) is 5.49. The lowest BCUT2D eigenvalue weighted by Crippen LogP contribution is -2.47. The summed E-state index contributed by atoms with van der Waals surface area (Å²) >= 11 is 0. The van der Waals surface area contributed by atoms with Gasteiger partial charge in [0.05, 0.1) is 6.42 Å². The molecule has 0 spiro atoms. The molecular formula is C21H24F3NO. The van der Waals surface area contributed by atoms with Crippen molar-refractivity contribution in [2.45, 2.75) is 44.2 Å². The van der Waals surface area contributed by atoms with Crippen molar-refractivity contribution < 1.29 is 18.0 Å². The summed E-state index contributed by atoms with van der Waals surface area (Å²) in [7, 11) is 1.36. The quantitative estimate of drug-likeness (QED) is 0.817. The maximum Gasteiger partial charge on any atom is 0.390 e. The van der Waals surface area contributed by atoms with Crippen LogP contribution in [0.5, 0.6) is 0 Å². The van der Waals surface area contributed by atoms with Crippen molar-refractivity contribution in [2.75, 3.05) is 7.05 Å². The van der Waals surface area contributed by atoms with Crippen LogP contribution in [0.4, 0.5) is 13.2 Å². The number of halogens is 3. The highest BCUT2D eigenvalue weighted by molar-refractivity contribution is 5.92. The average Bonchev–Trinajstić information content (AvgIpc) is 2.58. The Hall–Kier alpha value is -2.30. The van der Waals surface area contributed by atoms with Crippen molar-refractivity contribution in [3.8, 4) is 0 Å². The van der Waals surface area contributed by atoms with Crippen LogP contribution in [-0.4, -0.2) is 19.1 Å². The van der Waals surface area contributed by atoms with Crippen LogP contribution in [-0.2, 0) is 15.6 Å². The van der Waals surface area contributed by atoms with Gasteiger partial charge in [0.25, 0.3) is 0 Å². The molecule has 2 rings (SSSR count). The maximum absolute atomic E-state index is 13.5. The topological polar surface area (TPSA) is 29.1 Å². The molecule has 5 heteroatoms. The third-order valence-corrected chi connectivity index (χ3v) is 4.59. The zero-order valence-electron chi connectivity index (χ0n) is 15.4. The largest absolute Gasteiger partial charge is 0.390 e. The molecule has 2 aromatic rings. The van der Waals surface area contributed by atoms with Gasteiger partial charge in [0.2, 0.25) is 5.91 Å². The fraction of sp³-hybridized carbons (Fsp3) is 0.381. The van der Waals surface area contributed by atoms with Crippen molar-refractivity contribution >= 4 is 5.91 Å². The maximum atomic E-state index is 13.5. The molecule has 0 fully saturated rings. The first kappa shape index (κ1) is 20.0. The molecule has 1 N–H and O–H groups in total. The second-order valence-electron chi connectivity index (χ2n) is 7.47. The molecule has 140 valence electrons. The lowest BCUT2D eigenvalue weighted by Gasteiger charge is -2.34. The molecule has 2 nitrogen and oxygen atoms in total. The van der Waals surface area contributed by atoms with Gasteiger partial charge in [0, 0.05) is 7.05 Å². The van der Waals surface area contributed by atoms with Gasteiger partial charge < -0.3 is 5.32 Å². The van der Waals surface area contributed by atoms with Gasteiger partial charge in [-0.1, -0.05) is 75.4 Å². The summed E-state index contributed by atoms with van der Waals surface area (Å²) < 4.78 is 40.5. The standard InChI is InChI=1S/C21H24F3NO/c1-19(2,3)15-10-12-17(13-11-15)20(18(26)25-4,14-21(22,23)24)16-8-6-5-7-9-16/h5-13H,14H2,1-4H3,(H,25,26)/t20-/m0/s1. The Labute approximate surface area is 152 Å². The van der Waals surface area contributed by atoms with Crippen LogP contribution in [0.2, 0.25) is 0 Å². The SMILES string of the molecule is CNC(=O)[C@@](CC(F)(F)F)(c1ccccc1)c1ccc(C(C)(C)C)cc1. The Morgan fingerprint density at radius 3 is 1.73 bits per heavy atom. The fourth-order valence-electron chi connectivity index (χ4n) is 3.20. The lowest BCUT2D eigenvalue weighted by atomic mass is 9.70. The first-order valence-electron chi connectivity index (χ1n) is 8.46. The summed E-state index contributed by atoms with van der Waals surface area (Å²) in [5, 5.41) is 2.43. The van der Waals surface area contributed by atoms with Gasteiger partial charge in [-0.3, -0.25) is 4.79 Å². The predicted molar refractivity (Wildman–Crippen MR) is 97.1 cm³/mol. The van der Waals surface area contributed by atoms with Crippen LogP contribution < -0.4 is 5.32 Å². The van der Waals surface area contributed by atoms with E-state index < -0.39 is 23.9 Å². The molecule has 0 aromatic heterocycles. The summed E-state index contributed by atoms with van der Waals surface area (Å²) in [6, 6.07) is 15.0. The minimum atomic E-state index is -4.51. The number of alkyl halides is 3. The van der Waals surface area contributed by atoms with E-state index in [2.05, 4.69) is 5.32 Å². The molecule has 26 heavy (non-hydrogen) atoms. The number of amides is 1. The Morgan fingerprint density at radius 1 is 0.846 bits per heavy atom. The van der Waals surface area contributed by atoms with Crippen molar-refractivity contribution in [3.63, 3.8) is 0 Å². The number of hydrogen-bond acceptors (Lipinski definition) is 1. The van der Waals surface area contributed by atoms with E-state index in [9.17, 15) is 18.0 Å². The number of carbonyl (C=O) groups excluding carboxylic acids is 1. The van der Waals surface area contributed by atoms with Crippen LogP contribution >= 0.6 is 0 Å². The molecular weight excluding hydrogens is 339 g/mol. The van der Waals surface area contributed by atoms with Gasteiger partial charge in [0.15, 0.2) is 0 Å². The number of rotatable bonds is 4. The third kappa shape index (κ3) is 4.09. The monoisotopic (exact) mass is 363 g/mol. The highest BCUT2D eigenvalue weighted by atomic mass is 19.4.